The van der Waals surface area contributed by atoms with Crippen molar-refractivity contribution in [2.75, 3.05) is 19.5 Å². The van der Waals surface area contributed by atoms with Crippen LogP contribution in [0.1, 0.15) is 44.0 Å². The summed E-state index contributed by atoms with van der Waals surface area (Å²) >= 11 is 0. The van der Waals surface area contributed by atoms with Crippen molar-refractivity contribution < 1.29 is 14.3 Å². The van der Waals surface area contributed by atoms with E-state index >= 15 is 0 Å². The molecule has 3 N–H and O–H groups in total. The second-order valence-electron chi connectivity index (χ2n) is 5.17. The molecule has 1 heterocycles. The number of ether oxygens (including phenoxy) is 2. The fourth-order valence-electron chi connectivity index (χ4n) is 2.74. The van der Waals surface area contributed by atoms with Crippen molar-refractivity contribution in [2.45, 2.75) is 44.6 Å². The zero-order chi connectivity index (χ0) is 15.5. The van der Waals surface area contributed by atoms with Gasteiger partial charge in [-0.2, -0.15) is 0 Å². The Kier molecular flexibility index (Phi) is 4.62. The van der Waals surface area contributed by atoms with Crippen molar-refractivity contribution in [1.82, 2.24) is 9.97 Å². The predicted molar refractivity (Wildman–Crippen MR) is 76.8 cm³/mol. The van der Waals surface area contributed by atoms with Gasteiger partial charge in [-0.15, -0.1) is 0 Å². The van der Waals surface area contributed by atoms with Crippen LogP contribution >= 0.6 is 0 Å². The van der Waals surface area contributed by atoms with E-state index in [9.17, 15) is 9.59 Å². The van der Waals surface area contributed by atoms with Crippen LogP contribution in [0.5, 0.6) is 0 Å². The van der Waals surface area contributed by atoms with Gasteiger partial charge in [0.25, 0.3) is 5.56 Å². The number of carbonyl (C=O) groups excluding carboxylic acids is 1. The number of nitrogens with two attached hydrogens (primary N) is 1. The fourth-order valence-corrected chi connectivity index (χ4v) is 2.74. The molecule has 0 aliphatic heterocycles. The number of esters is 1. The Hall–Kier alpha value is -1.89. The van der Waals surface area contributed by atoms with E-state index < -0.39 is 17.1 Å². The summed E-state index contributed by atoms with van der Waals surface area (Å²) in [5.74, 6) is 0.00862. The van der Waals surface area contributed by atoms with E-state index in [0.717, 1.165) is 25.7 Å². The fraction of sp³-hybridized carbons (Fsp3) is 0.643. The van der Waals surface area contributed by atoms with Gasteiger partial charge in [-0.1, -0.05) is 0 Å². The number of hydrogen-bond donors (Lipinski definition) is 2. The maximum Gasteiger partial charge on any atom is 0.310 e. The van der Waals surface area contributed by atoms with Gasteiger partial charge < -0.3 is 20.2 Å². The molecule has 1 aliphatic carbocycles. The summed E-state index contributed by atoms with van der Waals surface area (Å²) in [6, 6.07) is 0. The topological polar surface area (TPSA) is 107 Å². The smallest absolute Gasteiger partial charge is 0.310 e. The molecule has 0 unspecified atom stereocenters. The number of carbonyl (C=O) groups is 1. The molecule has 0 atom stereocenters. The summed E-state index contributed by atoms with van der Waals surface area (Å²) in [6.45, 7) is 1.96. The van der Waals surface area contributed by atoms with Crippen molar-refractivity contribution in [3.8, 4) is 0 Å². The summed E-state index contributed by atoms with van der Waals surface area (Å²) < 4.78 is 10.4. The standard InChI is InChI=1S/C14H21N3O4/c1-3-21-10(18)8-9-11(15)16-13(17-12(9)19)14(20-2)6-4-5-7-14/h3-8H2,1-2H3,(H3,15,16,17,19). The molecule has 1 aliphatic rings. The Morgan fingerprint density at radius 1 is 1.43 bits per heavy atom. The summed E-state index contributed by atoms with van der Waals surface area (Å²) in [4.78, 5) is 30.7. The molecule has 0 radical (unpaired) electrons. The highest BCUT2D eigenvalue weighted by molar-refractivity contribution is 5.74. The lowest BCUT2D eigenvalue weighted by Crippen LogP contribution is -2.32. The molecule has 7 heteroatoms. The van der Waals surface area contributed by atoms with Gasteiger partial charge in [-0.25, -0.2) is 4.98 Å². The first kappa shape index (κ1) is 15.5. The third-order valence-corrected chi connectivity index (χ3v) is 3.91. The first-order chi connectivity index (χ1) is 10.0. The summed E-state index contributed by atoms with van der Waals surface area (Å²) in [5.41, 5.74) is 5.01. The van der Waals surface area contributed by atoms with Gasteiger partial charge >= 0.3 is 5.97 Å². The van der Waals surface area contributed by atoms with E-state index in [2.05, 4.69) is 9.97 Å². The molecule has 1 aromatic heterocycles. The van der Waals surface area contributed by atoms with Gasteiger partial charge in [0.2, 0.25) is 0 Å². The van der Waals surface area contributed by atoms with Crippen LogP contribution in [-0.4, -0.2) is 29.7 Å². The maximum atomic E-state index is 12.2. The van der Waals surface area contributed by atoms with Crippen LogP contribution in [0.4, 0.5) is 5.82 Å². The van der Waals surface area contributed by atoms with E-state index in [1.807, 2.05) is 0 Å². The molecule has 0 spiro atoms. The number of anilines is 1. The second kappa shape index (κ2) is 6.26. The van der Waals surface area contributed by atoms with Crippen molar-refractivity contribution in [1.29, 1.82) is 0 Å². The predicted octanol–water partition coefficient (Wildman–Crippen LogP) is 0.873. The average molecular weight is 295 g/mol. The summed E-state index contributed by atoms with van der Waals surface area (Å²) in [6.07, 6.45) is 3.44. The Morgan fingerprint density at radius 2 is 2.10 bits per heavy atom. The molecule has 1 aromatic rings. The third-order valence-electron chi connectivity index (χ3n) is 3.91. The number of methoxy groups -OCH3 is 1. The van der Waals surface area contributed by atoms with Crippen LogP contribution < -0.4 is 11.3 Å². The highest BCUT2D eigenvalue weighted by atomic mass is 16.5. The van der Waals surface area contributed by atoms with E-state index in [1.165, 1.54) is 0 Å². The number of nitrogens with zero attached hydrogens (tertiary/aromatic N) is 1. The Morgan fingerprint density at radius 3 is 2.62 bits per heavy atom. The molecule has 0 bridgehead atoms. The molecule has 0 aromatic carbocycles. The Balaban J connectivity index is 2.33. The Labute approximate surface area is 122 Å². The summed E-state index contributed by atoms with van der Waals surface area (Å²) in [5, 5.41) is 0. The maximum absolute atomic E-state index is 12.2. The normalized spacial score (nSPS) is 16.9. The van der Waals surface area contributed by atoms with E-state index in [1.54, 1.807) is 14.0 Å². The highest BCUT2D eigenvalue weighted by Gasteiger charge is 2.38. The van der Waals surface area contributed by atoms with Gasteiger partial charge in [0.1, 0.15) is 17.2 Å². The monoisotopic (exact) mass is 295 g/mol. The quantitative estimate of drug-likeness (QED) is 0.781. The molecular weight excluding hydrogens is 274 g/mol. The number of H-pyrrole nitrogens is 1. The molecule has 1 saturated carbocycles. The van der Waals surface area contributed by atoms with Crippen LogP contribution in [0.15, 0.2) is 4.79 Å². The van der Waals surface area contributed by atoms with Gasteiger partial charge in [-0.05, 0) is 32.6 Å². The third kappa shape index (κ3) is 3.07. The number of hydrogen-bond acceptors (Lipinski definition) is 6. The lowest BCUT2D eigenvalue weighted by molar-refractivity contribution is -0.142. The highest BCUT2D eigenvalue weighted by Crippen LogP contribution is 2.39. The zero-order valence-electron chi connectivity index (χ0n) is 12.4. The Bertz CT molecular complexity index is 576. The van der Waals surface area contributed by atoms with Gasteiger partial charge in [0.15, 0.2) is 0 Å². The van der Waals surface area contributed by atoms with Gasteiger partial charge in [0.05, 0.1) is 18.6 Å². The molecule has 116 valence electrons. The van der Waals surface area contributed by atoms with Crippen LogP contribution in [0.3, 0.4) is 0 Å². The van der Waals surface area contributed by atoms with Crippen LogP contribution in [-0.2, 0) is 26.3 Å². The van der Waals surface area contributed by atoms with Crippen molar-refractivity contribution in [3.63, 3.8) is 0 Å². The van der Waals surface area contributed by atoms with Crippen LogP contribution in [0.2, 0.25) is 0 Å². The molecule has 21 heavy (non-hydrogen) atoms. The van der Waals surface area contributed by atoms with Crippen molar-refractivity contribution in [2.24, 2.45) is 0 Å². The molecule has 2 rings (SSSR count). The molecule has 7 nitrogen and oxygen atoms in total. The summed E-state index contributed by atoms with van der Waals surface area (Å²) in [7, 11) is 1.61. The number of nitrogens with one attached hydrogen (secondary N) is 1. The lowest BCUT2D eigenvalue weighted by atomic mass is 10.0. The van der Waals surface area contributed by atoms with Crippen molar-refractivity contribution >= 4 is 11.8 Å². The van der Waals surface area contributed by atoms with Crippen LogP contribution in [0, 0.1) is 0 Å². The molecular formula is C14H21N3O4. The molecule has 0 saturated heterocycles. The van der Waals surface area contributed by atoms with E-state index in [-0.39, 0.29) is 24.4 Å². The SMILES string of the molecule is CCOC(=O)Cc1c(N)nc(C2(OC)CCCC2)[nH]c1=O. The lowest BCUT2D eigenvalue weighted by Gasteiger charge is -2.26. The number of aromatic nitrogens is 2. The minimum atomic E-state index is -0.574. The van der Waals surface area contributed by atoms with E-state index in [0.29, 0.717) is 5.82 Å². The minimum absolute atomic E-state index is 0.0603. The largest absolute Gasteiger partial charge is 0.466 e. The van der Waals surface area contributed by atoms with Crippen molar-refractivity contribution in [3.05, 3.63) is 21.7 Å². The number of rotatable bonds is 5. The average Bonchev–Trinajstić information content (AvgIpc) is 2.93. The first-order valence-corrected chi connectivity index (χ1v) is 7.12. The number of nitrogen functional groups attached to an aromatic ring is 1. The zero-order valence-corrected chi connectivity index (χ0v) is 12.4. The van der Waals surface area contributed by atoms with Crippen LogP contribution in [0.25, 0.3) is 0 Å². The van der Waals surface area contributed by atoms with Gasteiger partial charge in [0, 0.05) is 7.11 Å². The van der Waals surface area contributed by atoms with E-state index in [4.69, 9.17) is 15.2 Å². The second-order valence-corrected chi connectivity index (χ2v) is 5.17. The number of aromatic amines is 1. The first-order valence-electron chi connectivity index (χ1n) is 7.12. The minimum Gasteiger partial charge on any atom is -0.466 e. The molecule has 1 fully saturated rings. The van der Waals surface area contributed by atoms with Gasteiger partial charge in [-0.3, -0.25) is 9.59 Å². The molecule has 0 amide bonds.